The number of aliphatic hydroxyl groups is 1. The van der Waals surface area contributed by atoms with Gasteiger partial charge in [-0.15, -0.1) is 0 Å². The SMILES string of the molecule is COc1nc(-c2cccc(-c3c(F)ccc(NC(=O)c4nn(C)c(=O)n(C)c4=O)c3Cl)c2Cl)cc2c1[C@@H](N1CC(O)C1)CC2. The van der Waals surface area contributed by atoms with Crippen LogP contribution < -0.4 is 21.3 Å². The van der Waals surface area contributed by atoms with Crippen molar-refractivity contribution in [3.8, 4) is 28.3 Å². The number of aliphatic hydroxyl groups excluding tert-OH is 1. The van der Waals surface area contributed by atoms with Crippen LogP contribution in [-0.2, 0) is 20.5 Å². The largest absolute Gasteiger partial charge is 0.481 e. The lowest BCUT2D eigenvalue weighted by molar-refractivity contribution is -0.0256. The first-order valence-electron chi connectivity index (χ1n) is 13.7. The highest BCUT2D eigenvalue weighted by atomic mass is 35.5. The fourth-order valence-electron chi connectivity index (χ4n) is 5.82. The Hall–Kier alpha value is -4.10. The predicted molar refractivity (Wildman–Crippen MR) is 163 cm³/mol. The van der Waals surface area contributed by atoms with Gasteiger partial charge in [0.2, 0.25) is 11.6 Å². The number of amides is 1. The molecular weight excluding hydrogens is 614 g/mol. The number of carbonyl (C=O) groups is 1. The van der Waals surface area contributed by atoms with Gasteiger partial charge in [-0.2, -0.15) is 5.10 Å². The minimum absolute atomic E-state index is 0.00622. The number of hydrogen-bond donors (Lipinski definition) is 2. The summed E-state index contributed by atoms with van der Waals surface area (Å²) < 4.78 is 22.7. The summed E-state index contributed by atoms with van der Waals surface area (Å²) in [6.07, 6.45) is 1.35. The molecule has 0 unspecified atom stereocenters. The van der Waals surface area contributed by atoms with Crippen molar-refractivity contribution in [1.29, 1.82) is 0 Å². The number of aromatic nitrogens is 4. The molecule has 0 spiro atoms. The zero-order valence-electron chi connectivity index (χ0n) is 23.9. The van der Waals surface area contributed by atoms with Gasteiger partial charge in [0, 0.05) is 55.5 Å². The number of carbonyl (C=O) groups excluding carboxylic acids is 1. The summed E-state index contributed by atoms with van der Waals surface area (Å²) in [6, 6.07) is 9.49. The van der Waals surface area contributed by atoms with Gasteiger partial charge >= 0.3 is 5.69 Å². The zero-order chi connectivity index (χ0) is 31.4. The average molecular weight is 641 g/mol. The highest BCUT2D eigenvalue weighted by Crippen LogP contribution is 2.46. The molecule has 2 aromatic carbocycles. The number of hydrogen-bond acceptors (Lipinski definition) is 8. The van der Waals surface area contributed by atoms with Gasteiger partial charge in [0.05, 0.1) is 34.6 Å². The van der Waals surface area contributed by atoms with E-state index in [1.54, 1.807) is 25.3 Å². The van der Waals surface area contributed by atoms with Crippen molar-refractivity contribution >= 4 is 34.8 Å². The van der Waals surface area contributed by atoms with Crippen molar-refractivity contribution in [2.24, 2.45) is 14.1 Å². The molecule has 2 aromatic heterocycles. The summed E-state index contributed by atoms with van der Waals surface area (Å²) in [5, 5.41) is 16.1. The standard InChI is InChI=1S/C30H27Cl2FN6O5/c1-37-29(42)26(36-38(2)30(37)43)27(41)34-19-9-8-18(33)23(25(19)32)17-6-4-5-16(24(17)31)20-11-14-7-10-21(39-12-15(40)13-39)22(14)28(35-20)44-3/h4-6,8-9,11,15,21,40H,7,10,12-13H2,1-3H3,(H,34,41)/t21-/m0/s1. The number of halogens is 3. The first-order valence-corrected chi connectivity index (χ1v) is 14.5. The fraction of sp³-hybridized carbons (Fsp3) is 0.300. The second-order valence-corrected chi connectivity index (χ2v) is 11.5. The number of aryl methyl sites for hydroxylation is 2. The van der Waals surface area contributed by atoms with Gasteiger partial charge in [-0.1, -0.05) is 41.4 Å². The van der Waals surface area contributed by atoms with Gasteiger partial charge in [0.25, 0.3) is 11.5 Å². The van der Waals surface area contributed by atoms with Crippen LogP contribution >= 0.6 is 23.2 Å². The molecule has 3 heterocycles. The number of fused-ring (bicyclic) bond motifs is 1. The minimum Gasteiger partial charge on any atom is -0.481 e. The Kier molecular flexibility index (Phi) is 7.78. The van der Waals surface area contributed by atoms with E-state index in [0.29, 0.717) is 30.2 Å². The lowest BCUT2D eigenvalue weighted by Gasteiger charge is -2.40. The van der Waals surface area contributed by atoms with E-state index >= 15 is 4.39 Å². The number of benzene rings is 2. The van der Waals surface area contributed by atoms with Gasteiger partial charge in [0.1, 0.15) is 5.82 Å². The molecule has 2 aliphatic rings. The number of β-amino-alcohol motifs (C(OH)–C–C–N with tert-alkyl or cyclic N) is 1. The van der Waals surface area contributed by atoms with Crippen LogP contribution in [0.5, 0.6) is 5.88 Å². The smallest absolute Gasteiger partial charge is 0.346 e. The van der Waals surface area contributed by atoms with Crippen molar-refractivity contribution in [3.63, 3.8) is 0 Å². The quantitative estimate of drug-likeness (QED) is 0.327. The number of methoxy groups -OCH3 is 1. The third kappa shape index (κ3) is 4.97. The number of rotatable bonds is 6. The molecule has 6 rings (SSSR count). The molecule has 11 nitrogen and oxygen atoms in total. The lowest BCUT2D eigenvalue weighted by Crippen LogP contribution is -2.51. The molecule has 0 radical (unpaired) electrons. The fourth-order valence-corrected chi connectivity index (χ4v) is 6.44. The monoisotopic (exact) mass is 640 g/mol. The molecule has 1 aliphatic heterocycles. The summed E-state index contributed by atoms with van der Waals surface area (Å²) in [4.78, 5) is 44.4. The van der Waals surface area contributed by atoms with E-state index in [1.807, 2.05) is 6.07 Å². The first kappa shape index (κ1) is 29.9. The molecule has 44 heavy (non-hydrogen) atoms. The number of ether oxygens (including phenoxy) is 1. The Morgan fingerprint density at radius 1 is 1.11 bits per heavy atom. The van der Waals surface area contributed by atoms with E-state index in [0.717, 1.165) is 39.3 Å². The lowest BCUT2D eigenvalue weighted by atomic mass is 9.98. The Morgan fingerprint density at radius 2 is 1.84 bits per heavy atom. The van der Waals surface area contributed by atoms with Crippen molar-refractivity contribution in [2.75, 3.05) is 25.5 Å². The molecule has 14 heteroatoms. The molecule has 4 aromatic rings. The molecule has 2 N–H and O–H groups in total. The summed E-state index contributed by atoms with van der Waals surface area (Å²) in [5.74, 6) is -1.15. The van der Waals surface area contributed by atoms with E-state index < -0.39 is 28.7 Å². The highest BCUT2D eigenvalue weighted by molar-refractivity contribution is 6.39. The maximum Gasteiger partial charge on any atom is 0.346 e. The summed E-state index contributed by atoms with van der Waals surface area (Å²) in [7, 11) is 4.08. The second kappa shape index (κ2) is 11.4. The van der Waals surface area contributed by atoms with Gasteiger partial charge in [-0.3, -0.25) is 19.1 Å². The molecule has 228 valence electrons. The second-order valence-electron chi connectivity index (χ2n) is 10.8. The number of likely N-dealkylation sites (tertiary alicyclic amines) is 1. The number of pyridine rings is 1. The van der Waals surface area contributed by atoms with E-state index in [-0.39, 0.29) is 39.0 Å². The minimum atomic E-state index is -0.930. The Morgan fingerprint density at radius 3 is 2.55 bits per heavy atom. The third-order valence-corrected chi connectivity index (χ3v) is 8.87. The van der Waals surface area contributed by atoms with Crippen molar-refractivity contribution in [2.45, 2.75) is 25.0 Å². The van der Waals surface area contributed by atoms with Crippen LogP contribution in [0.15, 0.2) is 46.0 Å². The average Bonchev–Trinajstić information content (AvgIpc) is 3.41. The van der Waals surface area contributed by atoms with E-state index in [4.69, 9.17) is 32.9 Å². The Balaban J connectivity index is 1.37. The van der Waals surface area contributed by atoms with Gasteiger partial charge in [-0.25, -0.2) is 18.9 Å². The predicted octanol–water partition coefficient (Wildman–Crippen LogP) is 3.58. The van der Waals surface area contributed by atoms with E-state index in [9.17, 15) is 19.5 Å². The maximum absolute atomic E-state index is 15.4. The van der Waals surface area contributed by atoms with Crippen molar-refractivity contribution in [3.05, 3.63) is 89.9 Å². The maximum atomic E-state index is 15.4. The summed E-state index contributed by atoms with van der Waals surface area (Å²) >= 11 is 13.6. The van der Waals surface area contributed by atoms with Gasteiger partial charge < -0.3 is 15.2 Å². The molecule has 1 saturated heterocycles. The third-order valence-electron chi connectivity index (χ3n) is 8.07. The zero-order valence-corrected chi connectivity index (χ0v) is 25.4. The molecular formula is C30H27Cl2FN6O5. The van der Waals surface area contributed by atoms with Crippen LogP contribution in [0.3, 0.4) is 0 Å². The molecule has 0 bridgehead atoms. The Labute approximate surface area is 260 Å². The molecule has 1 amide bonds. The van der Waals surface area contributed by atoms with Crippen LogP contribution in [0, 0.1) is 5.82 Å². The number of nitrogens with zero attached hydrogens (tertiary/aromatic N) is 5. The van der Waals surface area contributed by atoms with Crippen LogP contribution in [0.25, 0.3) is 22.4 Å². The van der Waals surface area contributed by atoms with E-state index in [1.165, 1.54) is 20.2 Å². The Bertz CT molecular complexity index is 1960. The molecule has 1 aliphatic carbocycles. The van der Waals surface area contributed by atoms with Crippen molar-refractivity contribution < 1.29 is 19.0 Å². The van der Waals surface area contributed by atoms with Crippen LogP contribution in [0.1, 0.15) is 34.1 Å². The van der Waals surface area contributed by atoms with Gasteiger partial charge in [0.15, 0.2) is 0 Å². The summed E-state index contributed by atoms with van der Waals surface area (Å²) in [6.45, 7) is 1.21. The van der Waals surface area contributed by atoms with Crippen molar-refractivity contribution in [1.82, 2.24) is 24.2 Å². The number of anilines is 1. The first-order chi connectivity index (χ1) is 21.0. The molecule has 0 saturated carbocycles. The van der Waals surface area contributed by atoms with E-state index in [2.05, 4.69) is 15.3 Å². The van der Waals surface area contributed by atoms with Crippen LogP contribution in [0.4, 0.5) is 10.1 Å². The normalized spacial score (nSPS) is 16.5. The van der Waals surface area contributed by atoms with Gasteiger partial charge in [-0.05, 0) is 36.6 Å². The number of nitrogens with one attached hydrogen (secondary N) is 1. The topological polar surface area (TPSA) is 132 Å². The van der Waals surface area contributed by atoms with Crippen LogP contribution in [-0.4, -0.2) is 61.5 Å². The molecule has 1 fully saturated rings. The molecule has 1 atom stereocenters. The van der Waals surface area contributed by atoms with Crippen LogP contribution in [0.2, 0.25) is 10.0 Å². The summed E-state index contributed by atoms with van der Waals surface area (Å²) in [5.41, 5.74) is 1.18. The highest BCUT2D eigenvalue weighted by Gasteiger charge is 2.38.